The average molecular weight is 410 g/mol. The van der Waals surface area contributed by atoms with Gasteiger partial charge in [-0.15, -0.1) is 0 Å². The van der Waals surface area contributed by atoms with Gasteiger partial charge in [0.25, 0.3) is 11.5 Å². The molecule has 2 heterocycles. The van der Waals surface area contributed by atoms with E-state index in [2.05, 4.69) is 10.3 Å². The number of aromatic amines is 1. The Morgan fingerprint density at radius 3 is 2.53 bits per heavy atom. The minimum Gasteiger partial charge on any atom is -0.335 e. The lowest BCUT2D eigenvalue weighted by Crippen LogP contribution is -2.55. The Morgan fingerprint density at radius 1 is 1.10 bits per heavy atom. The molecule has 1 aliphatic heterocycles. The van der Waals surface area contributed by atoms with Crippen LogP contribution in [0.15, 0.2) is 52.1 Å². The van der Waals surface area contributed by atoms with Gasteiger partial charge >= 0.3 is 5.69 Å². The molecule has 1 aliphatic rings. The van der Waals surface area contributed by atoms with Crippen LogP contribution in [0, 0.1) is 5.82 Å². The predicted octanol–water partition coefficient (Wildman–Crippen LogP) is 1.70. The molecule has 7 nitrogen and oxygen atoms in total. The Bertz CT molecular complexity index is 1220. The Kier molecular flexibility index (Phi) is 5.26. The lowest BCUT2D eigenvalue weighted by molar-refractivity contribution is 0.0669. The third-order valence-corrected chi connectivity index (χ3v) is 5.35. The number of carbonyl (C=O) groups is 1. The molecule has 1 aromatic heterocycles. The van der Waals surface area contributed by atoms with Crippen molar-refractivity contribution in [3.05, 3.63) is 80.2 Å². The highest BCUT2D eigenvalue weighted by molar-refractivity contribution is 5.94. The number of carbonyl (C=O) groups excluding carboxylic acids is 1. The van der Waals surface area contributed by atoms with Gasteiger partial charge in [-0.2, -0.15) is 0 Å². The first-order valence-electron chi connectivity index (χ1n) is 9.89. The molecule has 0 radical (unpaired) electrons. The summed E-state index contributed by atoms with van der Waals surface area (Å²) >= 11 is 0. The molecule has 8 heteroatoms. The van der Waals surface area contributed by atoms with Crippen molar-refractivity contribution in [3.8, 4) is 0 Å². The van der Waals surface area contributed by atoms with E-state index in [4.69, 9.17) is 0 Å². The Hall–Kier alpha value is -3.26. The molecular formula is C22H23FN4O3. The van der Waals surface area contributed by atoms with E-state index in [0.29, 0.717) is 29.6 Å². The van der Waals surface area contributed by atoms with Crippen molar-refractivity contribution >= 4 is 16.8 Å². The van der Waals surface area contributed by atoms with E-state index in [-0.39, 0.29) is 30.1 Å². The van der Waals surface area contributed by atoms with E-state index in [0.717, 1.165) is 0 Å². The highest BCUT2D eigenvalue weighted by Crippen LogP contribution is 2.17. The fourth-order valence-electron chi connectivity index (χ4n) is 4.08. The van der Waals surface area contributed by atoms with Gasteiger partial charge in [-0.25, -0.2) is 9.18 Å². The summed E-state index contributed by atoms with van der Waals surface area (Å²) in [5.74, 6) is -0.963. The Balaban J connectivity index is 1.70. The highest BCUT2D eigenvalue weighted by atomic mass is 19.1. The summed E-state index contributed by atoms with van der Waals surface area (Å²) in [6.07, 6.45) is 0. The van der Waals surface area contributed by atoms with Crippen molar-refractivity contribution in [2.24, 2.45) is 0 Å². The average Bonchev–Trinajstić information content (AvgIpc) is 2.71. The number of nitrogens with one attached hydrogen (secondary N) is 2. The zero-order valence-corrected chi connectivity index (χ0v) is 16.8. The molecule has 0 spiro atoms. The molecular weight excluding hydrogens is 387 g/mol. The first-order chi connectivity index (χ1) is 14.3. The normalized spacial score (nSPS) is 19.2. The first kappa shape index (κ1) is 20.0. The van der Waals surface area contributed by atoms with Crippen molar-refractivity contribution in [1.29, 1.82) is 0 Å². The largest absolute Gasteiger partial charge is 0.335 e. The third kappa shape index (κ3) is 3.78. The highest BCUT2D eigenvalue weighted by Gasteiger charge is 2.27. The zero-order valence-electron chi connectivity index (χ0n) is 16.8. The van der Waals surface area contributed by atoms with Gasteiger partial charge in [0.2, 0.25) is 0 Å². The van der Waals surface area contributed by atoms with E-state index in [1.165, 1.54) is 16.7 Å². The van der Waals surface area contributed by atoms with Gasteiger partial charge in [-0.1, -0.05) is 18.2 Å². The van der Waals surface area contributed by atoms with Crippen LogP contribution < -0.4 is 16.6 Å². The maximum absolute atomic E-state index is 14.5. The molecule has 156 valence electrons. The van der Waals surface area contributed by atoms with E-state index in [1.807, 2.05) is 13.8 Å². The standard InChI is InChI=1S/C22H23FN4O3/c1-13-10-26(11-14(2)24-13)21(29)17-9-15(7-8-18(17)23)12-27-19-6-4-3-5-16(19)20(28)25-22(27)30/h3-9,13-14,24H,10-12H2,1-2H3,(H,25,28,30)/t13-,14+. The molecule has 0 aliphatic carbocycles. The second-order valence-electron chi connectivity index (χ2n) is 7.86. The van der Waals surface area contributed by atoms with Crippen LogP contribution in [0.5, 0.6) is 0 Å². The number of hydrogen-bond donors (Lipinski definition) is 2. The van der Waals surface area contributed by atoms with Crippen LogP contribution in [0.4, 0.5) is 4.39 Å². The van der Waals surface area contributed by atoms with Gasteiger partial charge in [0.05, 0.1) is 23.0 Å². The second-order valence-corrected chi connectivity index (χ2v) is 7.86. The van der Waals surface area contributed by atoms with Crippen molar-refractivity contribution in [2.45, 2.75) is 32.5 Å². The molecule has 0 unspecified atom stereocenters. The molecule has 3 aromatic rings. The van der Waals surface area contributed by atoms with Gasteiger partial charge in [0.1, 0.15) is 5.82 Å². The number of H-pyrrole nitrogens is 1. The first-order valence-corrected chi connectivity index (χ1v) is 9.89. The van der Waals surface area contributed by atoms with E-state index < -0.39 is 17.1 Å². The molecule has 1 saturated heterocycles. The summed E-state index contributed by atoms with van der Waals surface area (Å²) in [6, 6.07) is 11.3. The molecule has 0 bridgehead atoms. The van der Waals surface area contributed by atoms with Crippen LogP contribution in [0.1, 0.15) is 29.8 Å². The fraction of sp³-hybridized carbons (Fsp3) is 0.318. The number of aromatic nitrogens is 2. The smallest absolute Gasteiger partial charge is 0.329 e. The Morgan fingerprint density at radius 2 is 1.80 bits per heavy atom. The number of piperazine rings is 1. The van der Waals surface area contributed by atoms with E-state index in [9.17, 15) is 18.8 Å². The number of hydrogen-bond acceptors (Lipinski definition) is 4. The van der Waals surface area contributed by atoms with Crippen molar-refractivity contribution in [3.63, 3.8) is 0 Å². The third-order valence-electron chi connectivity index (χ3n) is 5.35. The monoisotopic (exact) mass is 410 g/mol. The molecule has 1 fully saturated rings. The number of amides is 1. The van der Waals surface area contributed by atoms with Crippen LogP contribution >= 0.6 is 0 Å². The van der Waals surface area contributed by atoms with Crippen LogP contribution in [0.2, 0.25) is 0 Å². The minimum absolute atomic E-state index is 0.0180. The lowest BCUT2D eigenvalue weighted by Gasteiger charge is -2.36. The topological polar surface area (TPSA) is 87.2 Å². The zero-order chi connectivity index (χ0) is 21.4. The molecule has 0 saturated carbocycles. The van der Waals surface area contributed by atoms with Crippen LogP contribution in [0.25, 0.3) is 10.9 Å². The van der Waals surface area contributed by atoms with Gasteiger partial charge in [-0.05, 0) is 43.7 Å². The number of rotatable bonds is 3. The maximum atomic E-state index is 14.5. The summed E-state index contributed by atoms with van der Waals surface area (Å²) in [7, 11) is 0. The summed E-state index contributed by atoms with van der Waals surface area (Å²) in [6.45, 7) is 5.06. The summed E-state index contributed by atoms with van der Waals surface area (Å²) < 4.78 is 15.9. The van der Waals surface area contributed by atoms with Gasteiger partial charge in [0, 0.05) is 25.2 Å². The van der Waals surface area contributed by atoms with Gasteiger partial charge < -0.3 is 10.2 Å². The number of para-hydroxylation sites is 1. The van der Waals surface area contributed by atoms with Crippen molar-refractivity contribution in [2.75, 3.05) is 13.1 Å². The second kappa shape index (κ2) is 7.87. The Labute approximate surface area is 172 Å². The van der Waals surface area contributed by atoms with Gasteiger partial charge in [-0.3, -0.25) is 19.1 Å². The lowest BCUT2D eigenvalue weighted by atomic mass is 10.1. The molecule has 1 amide bonds. The van der Waals surface area contributed by atoms with Crippen LogP contribution in [-0.2, 0) is 6.54 Å². The van der Waals surface area contributed by atoms with Crippen LogP contribution in [0.3, 0.4) is 0 Å². The SMILES string of the molecule is C[C@@H]1CN(C(=O)c2cc(Cn3c(=O)[nH]c(=O)c4ccccc43)ccc2F)C[C@H](C)N1. The quantitative estimate of drug-likeness (QED) is 0.688. The van der Waals surface area contributed by atoms with E-state index >= 15 is 0 Å². The number of nitrogens with zero attached hydrogens (tertiary/aromatic N) is 2. The maximum Gasteiger partial charge on any atom is 0.329 e. The summed E-state index contributed by atoms with van der Waals surface area (Å²) in [5, 5.41) is 3.74. The van der Waals surface area contributed by atoms with Gasteiger partial charge in [0.15, 0.2) is 0 Å². The summed E-state index contributed by atoms with van der Waals surface area (Å²) in [5.41, 5.74) is 0.0449. The minimum atomic E-state index is -0.596. The molecule has 30 heavy (non-hydrogen) atoms. The molecule has 2 aromatic carbocycles. The fourth-order valence-corrected chi connectivity index (χ4v) is 4.08. The molecule has 2 N–H and O–H groups in total. The number of benzene rings is 2. The van der Waals surface area contributed by atoms with Crippen molar-refractivity contribution < 1.29 is 9.18 Å². The van der Waals surface area contributed by atoms with Crippen LogP contribution in [-0.4, -0.2) is 45.5 Å². The molecule has 4 rings (SSSR count). The number of halogens is 1. The summed E-state index contributed by atoms with van der Waals surface area (Å²) in [4.78, 5) is 41.4. The number of fused-ring (bicyclic) bond motifs is 1. The van der Waals surface area contributed by atoms with E-state index in [1.54, 1.807) is 35.2 Å². The van der Waals surface area contributed by atoms with Crippen molar-refractivity contribution in [1.82, 2.24) is 19.8 Å². The molecule has 2 atom stereocenters. The predicted molar refractivity (Wildman–Crippen MR) is 112 cm³/mol.